The fraction of sp³-hybridized carbons (Fsp3) is 0.0526. The van der Waals surface area contributed by atoms with Gasteiger partial charge in [-0.15, -0.1) is 11.3 Å². The Hall–Kier alpha value is -2.63. The van der Waals surface area contributed by atoms with E-state index in [1.807, 2.05) is 54.6 Å². The van der Waals surface area contributed by atoms with E-state index < -0.39 is 0 Å². The molecule has 124 valence electrons. The third kappa shape index (κ3) is 3.29. The second-order valence-electron chi connectivity index (χ2n) is 5.58. The number of thiophene rings is 1. The third-order valence-electron chi connectivity index (χ3n) is 3.87. The molecule has 2 heterocycles. The number of benzene rings is 2. The van der Waals surface area contributed by atoms with Gasteiger partial charge in [0.2, 0.25) is 0 Å². The van der Waals surface area contributed by atoms with Crippen LogP contribution in [0.25, 0.3) is 10.1 Å². The number of aromatic nitrogens is 2. The number of halogens is 1. The molecule has 0 aliphatic rings. The fourth-order valence-electron chi connectivity index (χ4n) is 2.64. The average Bonchev–Trinajstić information content (AvgIpc) is 3.24. The minimum Gasteiger partial charge on any atom is -0.306 e. The molecule has 0 saturated carbocycles. The number of anilines is 1. The van der Waals surface area contributed by atoms with Gasteiger partial charge in [-0.1, -0.05) is 48.0 Å². The van der Waals surface area contributed by atoms with Gasteiger partial charge in [-0.3, -0.25) is 4.79 Å². The summed E-state index contributed by atoms with van der Waals surface area (Å²) in [6.45, 7) is 0.599. The molecule has 25 heavy (non-hydrogen) atoms. The Morgan fingerprint density at radius 3 is 2.76 bits per heavy atom. The lowest BCUT2D eigenvalue weighted by molar-refractivity contribution is 0.102. The minimum atomic E-state index is -0.160. The first kappa shape index (κ1) is 15.9. The van der Waals surface area contributed by atoms with Gasteiger partial charge in [0.05, 0.1) is 17.6 Å². The summed E-state index contributed by atoms with van der Waals surface area (Å²) in [5.41, 5.74) is 1.12. The monoisotopic (exact) mass is 367 g/mol. The first-order valence-corrected chi connectivity index (χ1v) is 8.95. The van der Waals surface area contributed by atoms with Gasteiger partial charge in [0.15, 0.2) is 0 Å². The number of rotatable bonds is 4. The van der Waals surface area contributed by atoms with E-state index in [1.165, 1.54) is 11.3 Å². The highest BCUT2D eigenvalue weighted by atomic mass is 35.5. The van der Waals surface area contributed by atoms with Crippen LogP contribution >= 0.6 is 22.9 Å². The van der Waals surface area contributed by atoms with Crippen LogP contribution in [0.1, 0.15) is 15.2 Å². The molecule has 0 fully saturated rings. The highest BCUT2D eigenvalue weighted by Gasteiger charge is 2.14. The summed E-state index contributed by atoms with van der Waals surface area (Å²) >= 11 is 7.62. The fourth-order valence-corrected chi connectivity index (χ4v) is 3.90. The van der Waals surface area contributed by atoms with E-state index in [4.69, 9.17) is 11.6 Å². The number of hydrogen-bond acceptors (Lipinski definition) is 3. The van der Waals surface area contributed by atoms with Gasteiger partial charge >= 0.3 is 0 Å². The van der Waals surface area contributed by atoms with Crippen LogP contribution in [0, 0.1) is 0 Å². The lowest BCUT2D eigenvalue weighted by Gasteiger charge is -2.08. The van der Waals surface area contributed by atoms with Crippen LogP contribution < -0.4 is 5.32 Å². The van der Waals surface area contributed by atoms with Gasteiger partial charge in [-0.25, -0.2) is 4.68 Å². The van der Waals surface area contributed by atoms with Crippen LogP contribution in [-0.4, -0.2) is 15.7 Å². The van der Waals surface area contributed by atoms with Crippen molar-refractivity contribution in [3.63, 3.8) is 0 Å². The highest BCUT2D eigenvalue weighted by Crippen LogP contribution is 2.31. The molecule has 0 radical (unpaired) electrons. The molecule has 2 aromatic carbocycles. The zero-order valence-corrected chi connectivity index (χ0v) is 14.7. The smallest absolute Gasteiger partial charge is 0.266 e. The Morgan fingerprint density at radius 2 is 1.96 bits per heavy atom. The number of fused-ring (bicyclic) bond motifs is 1. The first-order valence-electron chi connectivity index (χ1n) is 7.76. The summed E-state index contributed by atoms with van der Waals surface area (Å²) in [4.78, 5) is 13.2. The molecule has 4 aromatic rings. The Labute approximate surface area is 153 Å². The second kappa shape index (κ2) is 6.70. The van der Waals surface area contributed by atoms with E-state index in [1.54, 1.807) is 16.9 Å². The normalized spacial score (nSPS) is 10.9. The number of hydrogen-bond donors (Lipinski definition) is 1. The summed E-state index contributed by atoms with van der Waals surface area (Å²) < 4.78 is 2.77. The van der Waals surface area contributed by atoms with Gasteiger partial charge in [0.25, 0.3) is 5.91 Å². The number of nitrogens with one attached hydrogen (secondary N) is 1. The molecule has 0 saturated heterocycles. The van der Waals surface area contributed by atoms with Crippen molar-refractivity contribution in [3.8, 4) is 0 Å². The second-order valence-corrected chi connectivity index (χ2v) is 7.07. The van der Waals surface area contributed by atoms with Crippen molar-refractivity contribution in [2.24, 2.45) is 0 Å². The van der Waals surface area contributed by atoms with Crippen molar-refractivity contribution in [2.75, 3.05) is 5.32 Å². The third-order valence-corrected chi connectivity index (χ3v) is 5.29. The maximum absolute atomic E-state index is 12.6. The van der Waals surface area contributed by atoms with Crippen molar-refractivity contribution in [2.45, 2.75) is 6.54 Å². The molecule has 4 nitrogen and oxygen atoms in total. The molecule has 0 unspecified atom stereocenters. The van der Waals surface area contributed by atoms with E-state index in [9.17, 15) is 4.79 Å². The Kier molecular flexibility index (Phi) is 4.26. The molecule has 6 heteroatoms. The molecule has 1 amide bonds. The number of carbonyl (C=O) groups is 1. The quantitative estimate of drug-likeness (QED) is 0.548. The lowest BCUT2D eigenvalue weighted by Crippen LogP contribution is -2.15. The first-order chi connectivity index (χ1) is 12.2. The van der Waals surface area contributed by atoms with Gasteiger partial charge in [0.1, 0.15) is 5.82 Å². The summed E-state index contributed by atoms with van der Waals surface area (Å²) in [7, 11) is 0. The van der Waals surface area contributed by atoms with Crippen LogP contribution in [0.5, 0.6) is 0 Å². The Balaban J connectivity index is 1.57. The molecule has 0 atom stereocenters. The number of carbonyl (C=O) groups excluding carboxylic acids is 1. The molecular weight excluding hydrogens is 354 g/mol. The Bertz CT molecular complexity index is 1040. The topological polar surface area (TPSA) is 46.9 Å². The van der Waals surface area contributed by atoms with Crippen molar-refractivity contribution >= 4 is 44.7 Å². The molecule has 1 N–H and O–H groups in total. The van der Waals surface area contributed by atoms with E-state index in [-0.39, 0.29) is 5.91 Å². The summed E-state index contributed by atoms with van der Waals surface area (Å²) in [6, 6.07) is 19.3. The van der Waals surface area contributed by atoms with Crippen molar-refractivity contribution in [3.05, 3.63) is 82.3 Å². The van der Waals surface area contributed by atoms with Gasteiger partial charge in [-0.2, -0.15) is 5.10 Å². The van der Waals surface area contributed by atoms with Crippen molar-refractivity contribution in [1.29, 1.82) is 0 Å². The van der Waals surface area contributed by atoms with E-state index in [2.05, 4.69) is 10.4 Å². The number of nitrogens with zero attached hydrogens (tertiary/aromatic N) is 2. The van der Waals surface area contributed by atoms with E-state index in [0.29, 0.717) is 22.3 Å². The minimum absolute atomic E-state index is 0.160. The summed E-state index contributed by atoms with van der Waals surface area (Å²) in [5, 5.41) is 8.79. The largest absolute Gasteiger partial charge is 0.306 e. The van der Waals surface area contributed by atoms with Crippen LogP contribution in [0.2, 0.25) is 5.02 Å². The van der Waals surface area contributed by atoms with Gasteiger partial charge < -0.3 is 5.32 Å². The maximum Gasteiger partial charge on any atom is 0.266 e. The molecule has 0 spiro atoms. The van der Waals surface area contributed by atoms with Crippen LogP contribution in [0.4, 0.5) is 5.82 Å². The average molecular weight is 368 g/mol. The molecule has 0 bridgehead atoms. The molecule has 2 aromatic heterocycles. The lowest BCUT2D eigenvalue weighted by atomic mass is 10.2. The zero-order chi connectivity index (χ0) is 17.2. The van der Waals surface area contributed by atoms with Crippen LogP contribution in [0.3, 0.4) is 0 Å². The molecular formula is C19H14ClN3OS. The van der Waals surface area contributed by atoms with E-state index in [0.717, 1.165) is 15.6 Å². The predicted octanol–water partition coefficient (Wildman–Crippen LogP) is 5.05. The Morgan fingerprint density at radius 1 is 1.12 bits per heavy atom. The summed E-state index contributed by atoms with van der Waals surface area (Å²) in [6.07, 6.45) is 1.68. The van der Waals surface area contributed by atoms with Crippen LogP contribution in [-0.2, 0) is 6.54 Å². The molecule has 0 aliphatic heterocycles. The molecule has 4 rings (SSSR count). The zero-order valence-electron chi connectivity index (χ0n) is 13.1. The number of amides is 1. The molecule has 0 aliphatic carbocycles. The van der Waals surface area contributed by atoms with Gasteiger partial charge in [0, 0.05) is 21.2 Å². The van der Waals surface area contributed by atoms with E-state index >= 15 is 0 Å². The predicted molar refractivity (Wildman–Crippen MR) is 103 cm³/mol. The SMILES string of the molecule is O=C(Nc1ccnn1Cc1ccccc1)c1cc2c(Cl)cccc2s1. The summed E-state index contributed by atoms with van der Waals surface area (Å²) in [5.74, 6) is 0.504. The van der Waals surface area contributed by atoms with Crippen LogP contribution in [0.15, 0.2) is 66.9 Å². The maximum atomic E-state index is 12.6. The standard InChI is InChI=1S/C19H14ClN3OS/c20-15-7-4-8-16-14(15)11-17(25-16)19(24)22-18-9-10-21-23(18)12-13-5-2-1-3-6-13/h1-11H,12H2,(H,22,24). The van der Waals surface area contributed by atoms with Crippen molar-refractivity contribution in [1.82, 2.24) is 9.78 Å². The van der Waals surface area contributed by atoms with Crippen molar-refractivity contribution < 1.29 is 4.79 Å². The highest BCUT2D eigenvalue weighted by molar-refractivity contribution is 7.21. The van der Waals surface area contributed by atoms with Gasteiger partial charge in [-0.05, 0) is 23.8 Å².